The van der Waals surface area contributed by atoms with Gasteiger partial charge in [0.2, 0.25) is 0 Å². The highest BCUT2D eigenvalue weighted by Crippen LogP contribution is 2.35. The van der Waals surface area contributed by atoms with Crippen LogP contribution in [0.5, 0.6) is 0 Å². The predicted octanol–water partition coefficient (Wildman–Crippen LogP) is 5.82. The molecule has 0 amide bonds. The smallest absolute Gasteiger partial charge is 0.00672 e. The summed E-state index contributed by atoms with van der Waals surface area (Å²) >= 11 is 0. The number of rotatable bonds is 9. The molecule has 0 spiro atoms. The minimum atomic E-state index is 0.501. The molecular formula is C23H44N2. The van der Waals surface area contributed by atoms with Crippen molar-refractivity contribution in [1.82, 2.24) is 5.32 Å². The lowest BCUT2D eigenvalue weighted by Gasteiger charge is -2.33. The van der Waals surface area contributed by atoms with E-state index < -0.39 is 0 Å². The largest absolute Gasteiger partial charge is 0.328 e. The third-order valence-electron chi connectivity index (χ3n) is 6.69. The second kappa shape index (κ2) is 11.4. The van der Waals surface area contributed by atoms with Crippen LogP contribution in [0.3, 0.4) is 0 Å². The van der Waals surface area contributed by atoms with Crippen LogP contribution in [0.25, 0.3) is 0 Å². The van der Waals surface area contributed by atoms with Gasteiger partial charge in [0, 0.05) is 12.1 Å². The lowest BCUT2D eigenvalue weighted by atomic mass is 9.76. The zero-order chi connectivity index (χ0) is 18.1. The van der Waals surface area contributed by atoms with E-state index in [1.807, 2.05) is 0 Å². The molecule has 1 atom stereocenters. The molecule has 0 radical (unpaired) electrons. The maximum atomic E-state index is 6.04. The standard InChI is InChI=1S/C23H44N2/c1-18(2)5-4-6-19(3)15-16-25-23-13-9-21(10-14-23)17-20-7-11-22(24)12-8-20/h5,19-23,25H,4,6-17,24H2,1-3H3/t19-,20?,21?,22?,23?/m0/s1. The fraction of sp³-hybridized carbons (Fsp3) is 0.913. The lowest BCUT2D eigenvalue weighted by molar-refractivity contribution is 0.214. The van der Waals surface area contributed by atoms with E-state index in [0.29, 0.717) is 6.04 Å². The summed E-state index contributed by atoms with van der Waals surface area (Å²) in [4.78, 5) is 0. The summed E-state index contributed by atoms with van der Waals surface area (Å²) < 4.78 is 0. The third kappa shape index (κ3) is 8.73. The maximum absolute atomic E-state index is 6.04. The molecule has 2 aliphatic carbocycles. The van der Waals surface area contributed by atoms with Crippen molar-refractivity contribution in [3.8, 4) is 0 Å². The summed E-state index contributed by atoms with van der Waals surface area (Å²) in [5, 5.41) is 3.85. The fourth-order valence-electron chi connectivity index (χ4n) is 4.83. The number of allylic oxidation sites excluding steroid dienone is 2. The molecule has 0 bridgehead atoms. The maximum Gasteiger partial charge on any atom is 0.00672 e. The molecule has 2 heteroatoms. The van der Waals surface area contributed by atoms with Crippen molar-refractivity contribution >= 4 is 0 Å². The van der Waals surface area contributed by atoms with Gasteiger partial charge in [-0.1, -0.05) is 18.6 Å². The molecule has 0 aromatic rings. The van der Waals surface area contributed by atoms with Crippen molar-refractivity contribution in [2.45, 2.75) is 110 Å². The van der Waals surface area contributed by atoms with Crippen LogP contribution in [-0.2, 0) is 0 Å². The van der Waals surface area contributed by atoms with E-state index in [1.54, 1.807) is 0 Å². The number of nitrogens with one attached hydrogen (secondary N) is 1. The highest BCUT2D eigenvalue weighted by atomic mass is 14.9. The summed E-state index contributed by atoms with van der Waals surface area (Å²) in [5.41, 5.74) is 7.50. The number of hydrogen-bond acceptors (Lipinski definition) is 2. The molecule has 0 aromatic carbocycles. The van der Waals surface area contributed by atoms with Crippen LogP contribution in [0, 0.1) is 17.8 Å². The van der Waals surface area contributed by atoms with E-state index in [9.17, 15) is 0 Å². The minimum Gasteiger partial charge on any atom is -0.328 e. The molecule has 2 fully saturated rings. The Kier molecular flexibility index (Phi) is 9.55. The van der Waals surface area contributed by atoms with Crippen LogP contribution in [-0.4, -0.2) is 18.6 Å². The van der Waals surface area contributed by atoms with Gasteiger partial charge in [-0.3, -0.25) is 0 Å². The summed E-state index contributed by atoms with van der Waals surface area (Å²) in [7, 11) is 0. The normalized spacial score (nSPS) is 31.5. The van der Waals surface area contributed by atoms with Crippen LogP contribution in [0.2, 0.25) is 0 Å². The fourth-order valence-corrected chi connectivity index (χ4v) is 4.83. The molecule has 0 aromatic heterocycles. The van der Waals surface area contributed by atoms with E-state index >= 15 is 0 Å². The van der Waals surface area contributed by atoms with Crippen molar-refractivity contribution in [1.29, 1.82) is 0 Å². The van der Waals surface area contributed by atoms with Gasteiger partial charge in [-0.05, 0) is 115 Å². The van der Waals surface area contributed by atoms with Gasteiger partial charge in [-0.25, -0.2) is 0 Å². The Morgan fingerprint density at radius 3 is 2.16 bits per heavy atom. The van der Waals surface area contributed by atoms with Gasteiger partial charge in [0.1, 0.15) is 0 Å². The van der Waals surface area contributed by atoms with E-state index in [0.717, 1.165) is 23.8 Å². The predicted molar refractivity (Wildman–Crippen MR) is 111 cm³/mol. The van der Waals surface area contributed by atoms with Crippen molar-refractivity contribution in [3.05, 3.63) is 11.6 Å². The van der Waals surface area contributed by atoms with Crippen molar-refractivity contribution < 1.29 is 0 Å². The molecule has 2 aliphatic rings. The van der Waals surface area contributed by atoms with E-state index in [4.69, 9.17) is 5.73 Å². The molecule has 0 saturated heterocycles. The van der Waals surface area contributed by atoms with Crippen LogP contribution in [0.15, 0.2) is 11.6 Å². The third-order valence-corrected chi connectivity index (χ3v) is 6.69. The van der Waals surface area contributed by atoms with Crippen LogP contribution in [0.4, 0.5) is 0 Å². The molecule has 2 saturated carbocycles. The van der Waals surface area contributed by atoms with Crippen LogP contribution >= 0.6 is 0 Å². The van der Waals surface area contributed by atoms with Gasteiger partial charge < -0.3 is 11.1 Å². The first-order valence-electron chi connectivity index (χ1n) is 11.1. The monoisotopic (exact) mass is 348 g/mol. The molecule has 3 N–H and O–H groups in total. The van der Waals surface area contributed by atoms with E-state index in [-0.39, 0.29) is 0 Å². The highest BCUT2D eigenvalue weighted by Gasteiger charge is 2.25. The molecule has 25 heavy (non-hydrogen) atoms. The first-order chi connectivity index (χ1) is 12.0. The Bertz CT molecular complexity index is 370. The van der Waals surface area contributed by atoms with Crippen molar-refractivity contribution in [2.24, 2.45) is 23.5 Å². The summed E-state index contributed by atoms with van der Waals surface area (Å²) in [6.07, 6.45) is 18.8. The average Bonchev–Trinajstić information content (AvgIpc) is 2.58. The summed E-state index contributed by atoms with van der Waals surface area (Å²) in [5.74, 6) is 2.83. The summed E-state index contributed by atoms with van der Waals surface area (Å²) in [6, 6.07) is 1.29. The zero-order valence-electron chi connectivity index (χ0n) is 17.2. The zero-order valence-corrected chi connectivity index (χ0v) is 17.2. The molecule has 0 unspecified atom stereocenters. The van der Waals surface area contributed by atoms with Gasteiger partial charge in [0.25, 0.3) is 0 Å². The van der Waals surface area contributed by atoms with Crippen LogP contribution < -0.4 is 11.1 Å². The minimum absolute atomic E-state index is 0.501. The van der Waals surface area contributed by atoms with Crippen molar-refractivity contribution in [3.63, 3.8) is 0 Å². The second-order valence-electron chi connectivity index (χ2n) is 9.44. The Hall–Kier alpha value is -0.340. The topological polar surface area (TPSA) is 38.0 Å². The van der Waals surface area contributed by atoms with Gasteiger partial charge in [0.15, 0.2) is 0 Å². The Morgan fingerprint density at radius 1 is 0.960 bits per heavy atom. The van der Waals surface area contributed by atoms with Gasteiger partial charge >= 0.3 is 0 Å². The number of nitrogens with two attached hydrogens (primary N) is 1. The van der Waals surface area contributed by atoms with Crippen molar-refractivity contribution in [2.75, 3.05) is 6.54 Å². The van der Waals surface area contributed by atoms with Gasteiger partial charge in [0.05, 0.1) is 0 Å². The quantitative estimate of drug-likeness (QED) is 0.516. The SMILES string of the molecule is CC(C)=CCC[C@H](C)CCNC1CCC(CC2CCC(N)CC2)CC1. The first-order valence-corrected chi connectivity index (χ1v) is 11.1. The molecular weight excluding hydrogens is 304 g/mol. The Labute approximate surface area is 157 Å². The molecule has 0 heterocycles. The molecule has 0 aliphatic heterocycles. The molecule has 2 nitrogen and oxygen atoms in total. The second-order valence-corrected chi connectivity index (χ2v) is 9.44. The average molecular weight is 349 g/mol. The Morgan fingerprint density at radius 2 is 1.56 bits per heavy atom. The van der Waals surface area contributed by atoms with Gasteiger partial charge in [-0.15, -0.1) is 0 Å². The number of hydrogen-bond donors (Lipinski definition) is 2. The lowest BCUT2D eigenvalue weighted by Crippen LogP contribution is -2.35. The summed E-state index contributed by atoms with van der Waals surface area (Å²) in [6.45, 7) is 8.02. The van der Waals surface area contributed by atoms with Gasteiger partial charge in [-0.2, -0.15) is 0 Å². The Balaban J connectivity index is 1.51. The van der Waals surface area contributed by atoms with E-state index in [1.165, 1.54) is 89.2 Å². The van der Waals surface area contributed by atoms with E-state index in [2.05, 4.69) is 32.2 Å². The molecule has 2 rings (SSSR count). The highest BCUT2D eigenvalue weighted by molar-refractivity contribution is 4.92. The van der Waals surface area contributed by atoms with Crippen LogP contribution in [0.1, 0.15) is 97.8 Å². The molecule has 146 valence electrons. The first kappa shape index (κ1) is 21.0.